The van der Waals surface area contributed by atoms with Crippen LogP contribution in [0.25, 0.3) is 11.1 Å². The molecule has 5 rings (SSSR count). The van der Waals surface area contributed by atoms with Gasteiger partial charge in [0.05, 0.1) is 22.8 Å². The first-order valence-electron chi connectivity index (χ1n) is 16.2. The molecular weight excluding hydrogens is 602 g/mol. The van der Waals surface area contributed by atoms with Crippen LogP contribution < -0.4 is 9.62 Å². The maximum atomic E-state index is 13.8. The van der Waals surface area contributed by atoms with Crippen LogP contribution in [0.1, 0.15) is 89.0 Å². The van der Waals surface area contributed by atoms with E-state index in [1.54, 1.807) is 44.0 Å². The number of rotatable bonds is 12. The average molecular weight is 648 g/mol. The van der Waals surface area contributed by atoms with Crippen molar-refractivity contribution in [1.82, 2.24) is 10.1 Å². The zero-order valence-electron chi connectivity index (χ0n) is 27.7. The summed E-state index contributed by atoms with van der Waals surface area (Å²) in [7, 11) is -2.39. The number of aromatic nitrogens is 1. The second-order valence-corrected chi connectivity index (χ2v) is 14.6. The molecule has 46 heavy (non-hydrogen) atoms. The van der Waals surface area contributed by atoms with Crippen molar-refractivity contribution < 1.29 is 22.5 Å². The zero-order valence-corrected chi connectivity index (χ0v) is 28.5. The van der Waals surface area contributed by atoms with Gasteiger partial charge in [0.2, 0.25) is 11.8 Å². The average Bonchev–Trinajstić information content (AvgIpc) is 3.70. The van der Waals surface area contributed by atoms with Gasteiger partial charge in [0.25, 0.3) is 15.9 Å². The molecule has 1 saturated carbocycles. The van der Waals surface area contributed by atoms with E-state index in [-0.39, 0.29) is 28.5 Å². The van der Waals surface area contributed by atoms with Crippen LogP contribution in [0.5, 0.6) is 0 Å². The van der Waals surface area contributed by atoms with E-state index in [1.807, 2.05) is 36.9 Å². The molecule has 2 aromatic carbocycles. The number of sulfonamides is 1. The fourth-order valence-electron chi connectivity index (χ4n) is 6.29. The van der Waals surface area contributed by atoms with E-state index < -0.39 is 15.6 Å². The SMILES string of the molecule is CCCCC1=NC2(CCCC2)C(=O)N1Cc1ccc(-c2ccccc2S(=O)(=O)Nc2onc(C)c2C)c(N(C)C(=O)CC(C)C)c1. The first-order chi connectivity index (χ1) is 21.9. The number of aliphatic imine (C=N–C) groups is 1. The number of aryl methyl sites for hydroxylation is 1. The molecule has 10 nitrogen and oxygen atoms in total. The van der Waals surface area contributed by atoms with Crippen molar-refractivity contribution in [3.05, 3.63) is 59.3 Å². The second-order valence-electron chi connectivity index (χ2n) is 13.0. The van der Waals surface area contributed by atoms with Crippen LogP contribution in [0.3, 0.4) is 0 Å². The molecule has 1 N–H and O–H groups in total. The molecule has 246 valence electrons. The van der Waals surface area contributed by atoms with Gasteiger partial charge in [-0.05, 0) is 56.7 Å². The van der Waals surface area contributed by atoms with Crippen molar-refractivity contribution in [2.75, 3.05) is 16.7 Å². The Morgan fingerprint density at radius 2 is 1.83 bits per heavy atom. The molecule has 2 aliphatic rings. The molecule has 1 aliphatic carbocycles. The third-order valence-electron chi connectivity index (χ3n) is 9.05. The third kappa shape index (κ3) is 6.61. The molecular formula is C35H45N5O5S. The number of amidine groups is 1. The molecule has 1 aliphatic heterocycles. The molecule has 11 heteroatoms. The summed E-state index contributed by atoms with van der Waals surface area (Å²) in [5, 5.41) is 3.87. The fourth-order valence-corrected chi connectivity index (χ4v) is 7.56. The Kier molecular flexibility index (Phi) is 9.72. The number of carbonyl (C=O) groups excluding carboxylic acids is 2. The maximum absolute atomic E-state index is 13.8. The number of nitrogens with zero attached hydrogens (tertiary/aromatic N) is 4. The van der Waals surface area contributed by atoms with E-state index in [9.17, 15) is 18.0 Å². The van der Waals surface area contributed by atoms with Gasteiger partial charge in [-0.1, -0.05) is 75.5 Å². The number of hydrogen-bond acceptors (Lipinski definition) is 7. The lowest BCUT2D eigenvalue weighted by Crippen LogP contribution is -2.40. The second kappa shape index (κ2) is 13.4. The van der Waals surface area contributed by atoms with Crippen molar-refractivity contribution in [3.8, 4) is 11.1 Å². The van der Waals surface area contributed by atoms with E-state index in [0.29, 0.717) is 41.0 Å². The molecule has 1 fully saturated rings. The monoisotopic (exact) mass is 647 g/mol. The Balaban J connectivity index is 1.56. The molecule has 2 heterocycles. The van der Waals surface area contributed by atoms with Crippen LogP contribution in [-0.4, -0.2) is 48.7 Å². The summed E-state index contributed by atoms with van der Waals surface area (Å²) in [4.78, 5) is 35.8. The number of amides is 2. The molecule has 1 spiro atoms. The van der Waals surface area contributed by atoms with Gasteiger partial charge in [-0.3, -0.25) is 19.5 Å². The molecule has 2 amide bonds. The predicted octanol–water partition coefficient (Wildman–Crippen LogP) is 7.01. The van der Waals surface area contributed by atoms with Gasteiger partial charge in [0.1, 0.15) is 11.4 Å². The first-order valence-corrected chi connectivity index (χ1v) is 17.7. The molecule has 3 aromatic rings. The standard InChI is InChI=1S/C35H45N5O5S/c1-7-8-15-31-36-35(18-11-12-19-35)34(42)40(31)22-26-16-17-27(29(21-26)39(6)32(41)20-23(2)3)28-13-9-10-14-30(28)46(43,44)38-33-24(4)25(5)37-45-33/h9-10,13-14,16-17,21,23,38H,7-8,11-12,15,18-20,22H2,1-6H3. The summed E-state index contributed by atoms with van der Waals surface area (Å²) in [6.45, 7) is 9.90. The number of carbonyl (C=O) groups is 2. The van der Waals surface area contributed by atoms with Crippen LogP contribution in [0.4, 0.5) is 11.6 Å². The maximum Gasteiger partial charge on any atom is 0.264 e. The van der Waals surface area contributed by atoms with E-state index in [0.717, 1.165) is 56.3 Å². The van der Waals surface area contributed by atoms with Gasteiger partial charge < -0.3 is 9.42 Å². The summed E-state index contributed by atoms with van der Waals surface area (Å²) in [5.74, 6) is 1.000. The van der Waals surface area contributed by atoms with Gasteiger partial charge >= 0.3 is 0 Å². The Morgan fingerprint density at radius 1 is 1.11 bits per heavy atom. The van der Waals surface area contributed by atoms with Crippen LogP contribution in [-0.2, 0) is 26.2 Å². The lowest BCUT2D eigenvalue weighted by atomic mass is 9.97. The predicted molar refractivity (Wildman–Crippen MR) is 180 cm³/mol. The number of nitrogens with one attached hydrogen (secondary N) is 1. The quantitative estimate of drug-likeness (QED) is 0.225. The molecule has 0 atom stereocenters. The fraction of sp³-hybridized carbons (Fsp3) is 0.486. The normalized spacial score (nSPS) is 16.0. The molecule has 0 unspecified atom stereocenters. The third-order valence-corrected chi connectivity index (χ3v) is 10.4. The number of benzene rings is 2. The van der Waals surface area contributed by atoms with Gasteiger partial charge in [-0.15, -0.1) is 0 Å². The lowest BCUT2D eigenvalue weighted by Gasteiger charge is -2.26. The highest BCUT2D eigenvalue weighted by Gasteiger charge is 2.49. The van der Waals surface area contributed by atoms with Crippen molar-refractivity contribution in [1.29, 1.82) is 0 Å². The summed E-state index contributed by atoms with van der Waals surface area (Å²) >= 11 is 0. The lowest BCUT2D eigenvalue weighted by molar-refractivity contribution is -0.131. The van der Waals surface area contributed by atoms with Gasteiger partial charge in [-0.25, -0.2) is 13.1 Å². The van der Waals surface area contributed by atoms with Crippen LogP contribution in [0.2, 0.25) is 0 Å². The minimum Gasteiger partial charge on any atom is -0.337 e. The number of hydrogen-bond donors (Lipinski definition) is 1. The highest BCUT2D eigenvalue weighted by atomic mass is 32.2. The van der Waals surface area contributed by atoms with Crippen LogP contribution in [0.15, 0.2) is 56.9 Å². The van der Waals surface area contributed by atoms with Gasteiger partial charge in [-0.2, -0.15) is 0 Å². The van der Waals surface area contributed by atoms with E-state index in [2.05, 4.69) is 16.8 Å². The Bertz CT molecular complexity index is 1750. The highest BCUT2D eigenvalue weighted by Crippen LogP contribution is 2.41. The molecule has 1 aromatic heterocycles. The highest BCUT2D eigenvalue weighted by molar-refractivity contribution is 7.92. The van der Waals surface area contributed by atoms with Gasteiger partial charge in [0.15, 0.2) is 0 Å². The summed E-state index contributed by atoms with van der Waals surface area (Å²) < 4.78 is 35.3. The number of anilines is 2. The smallest absolute Gasteiger partial charge is 0.264 e. The van der Waals surface area contributed by atoms with Gasteiger partial charge in [0, 0.05) is 36.6 Å². The van der Waals surface area contributed by atoms with E-state index >= 15 is 0 Å². The number of unbranched alkanes of at least 4 members (excludes halogenated alkanes) is 1. The largest absolute Gasteiger partial charge is 0.337 e. The minimum atomic E-state index is -4.10. The van der Waals surface area contributed by atoms with Crippen molar-refractivity contribution in [2.45, 2.75) is 103 Å². The summed E-state index contributed by atoms with van der Waals surface area (Å²) in [5.41, 5.74) is 2.96. The van der Waals surface area contributed by atoms with Crippen molar-refractivity contribution in [3.63, 3.8) is 0 Å². The summed E-state index contributed by atoms with van der Waals surface area (Å²) in [6.07, 6.45) is 6.57. The Morgan fingerprint density at radius 3 is 2.48 bits per heavy atom. The Hall–Kier alpha value is -3.99. The van der Waals surface area contributed by atoms with Crippen molar-refractivity contribution >= 4 is 39.2 Å². The summed E-state index contributed by atoms with van der Waals surface area (Å²) in [6, 6.07) is 12.3. The Labute approximate surface area is 272 Å². The topological polar surface area (TPSA) is 125 Å². The van der Waals surface area contributed by atoms with Crippen molar-refractivity contribution in [2.24, 2.45) is 10.9 Å². The molecule has 0 radical (unpaired) electrons. The van der Waals surface area contributed by atoms with E-state index in [1.165, 1.54) is 6.07 Å². The van der Waals surface area contributed by atoms with Crippen LogP contribution >= 0.6 is 0 Å². The van der Waals surface area contributed by atoms with Crippen LogP contribution in [0, 0.1) is 19.8 Å². The minimum absolute atomic E-state index is 0.0362. The van der Waals surface area contributed by atoms with E-state index in [4.69, 9.17) is 9.52 Å². The molecule has 0 bridgehead atoms. The zero-order chi connectivity index (χ0) is 33.2. The molecule has 0 saturated heterocycles. The first kappa shape index (κ1) is 33.4.